The average Bonchev–Trinajstić information content (AvgIpc) is 2.46. The third-order valence-electron chi connectivity index (χ3n) is 4.07. The lowest BCUT2D eigenvalue weighted by Crippen LogP contribution is -2.34. The van der Waals surface area contributed by atoms with Crippen molar-refractivity contribution in [1.29, 1.82) is 0 Å². The molecular weight excluding hydrogens is 300 g/mol. The van der Waals surface area contributed by atoms with Gasteiger partial charge in [-0.25, -0.2) is 8.42 Å². The van der Waals surface area contributed by atoms with E-state index in [4.69, 9.17) is 5.73 Å². The van der Waals surface area contributed by atoms with Crippen LogP contribution >= 0.6 is 0 Å². The summed E-state index contributed by atoms with van der Waals surface area (Å²) < 4.78 is 22.3. The van der Waals surface area contributed by atoms with Crippen molar-refractivity contribution in [3.8, 4) is 0 Å². The standard InChI is InChI=1S/C16H24N2O3S/c1-22(20,21)10-9-12-5-7-15(8-6-12)18-16(19)13-3-2-4-14(17)11-13/h5-8,13-14H,2-4,9-11,17H2,1H3,(H,18,19). The van der Waals surface area contributed by atoms with E-state index >= 15 is 0 Å². The number of aryl methyl sites for hydroxylation is 1. The van der Waals surface area contributed by atoms with Gasteiger partial charge in [0.15, 0.2) is 0 Å². The molecule has 1 aromatic carbocycles. The number of carbonyl (C=O) groups excluding carboxylic acids is 1. The van der Waals surface area contributed by atoms with Gasteiger partial charge in [0.25, 0.3) is 0 Å². The van der Waals surface area contributed by atoms with E-state index in [9.17, 15) is 13.2 Å². The molecule has 122 valence electrons. The fraction of sp³-hybridized carbons (Fsp3) is 0.562. The molecule has 2 rings (SSSR count). The second kappa shape index (κ2) is 7.24. The smallest absolute Gasteiger partial charge is 0.227 e. The van der Waals surface area contributed by atoms with Crippen LogP contribution in [0.5, 0.6) is 0 Å². The minimum absolute atomic E-state index is 0.00587. The van der Waals surface area contributed by atoms with Crippen LogP contribution in [0, 0.1) is 5.92 Å². The lowest BCUT2D eigenvalue weighted by atomic mass is 9.85. The second-order valence-corrected chi connectivity index (χ2v) is 8.45. The summed E-state index contributed by atoms with van der Waals surface area (Å²) in [7, 11) is -2.95. The molecule has 0 saturated heterocycles. The Hall–Kier alpha value is -1.40. The van der Waals surface area contributed by atoms with Crippen LogP contribution in [0.4, 0.5) is 5.69 Å². The zero-order valence-electron chi connectivity index (χ0n) is 12.9. The number of amides is 1. The predicted octanol–water partition coefficient (Wildman–Crippen LogP) is 1.73. The molecule has 0 spiro atoms. The molecule has 0 aromatic heterocycles. The number of rotatable bonds is 5. The normalized spacial score (nSPS) is 22.3. The molecule has 6 heteroatoms. The third kappa shape index (κ3) is 5.42. The van der Waals surface area contributed by atoms with Gasteiger partial charge in [-0.3, -0.25) is 4.79 Å². The zero-order chi connectivity index (χ0) is 16.2. The third-order valence-corrected chi connectivity index (χ3v) is 5.01. The molecule has 2 atom stereocenters. The molecule has 1 amide bonds. The molecule has 0 heterocycles. The Labute approximate surface area is 132 Å². The van der Waals surface area contributed by atoms with Crippen LogP contribution in [-0.2, 0) is 21.1 Å². The SMILES string of the molecule is CS(=O)(=O)CCc1ccc(NC(=O)C2CCCC(N)C2)cc1. The quantitative estimate of drug-likeness (QED) is 0.863. The maximum absolute atomic E-state index is 12.2. The fourth-order valence-corrected chi connectivity index (χ4v) is 3.37. The number of hydrogen-bond donors (Lipinski definition) is 2. The summed E-state index contributed by atoms with van der Waals surface area (Å²) >= 11 is 0. The number of anilines is 1. The number of sulfone groups is 1. The van der Waals surface area contributed by atoms with Crippen LogP contribution in [0.15, 0.2) is 24.3 Å². The molecule has 1 fully saturated rings. The van der Waals surface area contributed by atoms with E-state index in [2.05, 4.69) is 5.32 Å². The van der Waals surface area contributed by atoms with E-state index in [-0.39, 0.29) is 23.6 Å². The highest BCUT2D eigenvalue weighted by Crippen LogP contribution is 2.24. The maximum Gasteiger partial charge on any atom is 0.227 e. The predicted molar refractivity (Wildman–Crippen MR) is 88.4 cm³/mol. The van der Waals surface area contributed by atoms with Gasteiger partial charge in [0.05, 0.1) is 5.75 Å². The van der Waals surface area contributed by atoms with Gasteiger partial charge < -0.3 is 11.1 Å². The summed E-state index contributed by atoms with van der Waals surface area (Å²) in [4.78, 5) is 12.2. The van der Waals surface area contributed by atoms with Gasteiger partial charge in [0, 0.05) is 23.9 Å². The van der Waals surface area contributed by atoms with Gasteiger partial charge >= 0.3 is 0 Å². The van der Waals surface area contributed by atoms with Crippen molar-refractivity contribution in [2.24, 2.45) is 11.7 Å². The van der Waals surface area contributed by atoms with E-state index in [0.29, 0.717) is 6.42 Å². The van der Waals surface area contributed by atoms with Crippen LogP contribution in [0.3, 0.4) is 0 Å². The van der Waals surface area contributed by atoms with E-state index in [1.54, 1.807) is 0 Å². The molecule has 0 radical (unpaired) electrons. The molecule has 5 nitrogen and oxygen atoms in total. The summed E-state index contributed by atoms with van der Waals surface area (Å²) in [5.41, 5.74) is 7.61. The van der Waals surface area contributed by atoms with Gasteiger partial charge in [-0.1, -0.05) is 18.6 Å². The number of nitrogens with one attached hydrogen (secondary N) is 1. The molecule has 1 saturated carbocycles. The Morgan fingerprint density at radius 3 is 2.55 bits per heavy atom. The molecule has 22 heavy (non-hydrogen) atoms. The minimum atomic E-state index is -2.95. The first-order chi connectivity index (χ1) is 10.3. The monoisotopic (exact) mass is 324 g/mol. The Morgan fingerprint density at radius 1 is 1.27 bits per heavy atom. The minimum Gasteiger partial charge on any atom is -0.328 e. The van der Waals surface area contributed by atoms with Crippen LogP contribution < -0.4 is 11.1 Å². The maximum atomic E-state index is 12.2. The summed E-state index contributed by atoms with van der Waals surface area (Å²) in [6.45, 7) is 0. The first-order valence-electron chi connectivity index (χ1n) is 7.66. The molecule has 3 N–H and O–H groups in total. The van der Waals surface area contributed by atoms with Gasteiger partial charge in [0.1, 0.15) is 9.84 Å². The molecule has 0 aliphatic heterocycles. The summed E-state index contributed by atoms with van der Waals surface area (Å²) in [5, 5.41) is 2.92. The van der Waals surface area contributed by atoms with Crippen LogP contribution in [0.1, 0.15) is 31.2 Å². The van der Waals surface area contributed by atoms with E-state index < -0.39 is 9.84 Å². The fourth-order valence-electron chi connectivity index (χ4n) is 2.77. The first kappa shape index (κ1) is 17.0. The van der Waals surface area contributed by atoms with Crippen LogP contribution in [0.25, 0.3) is 0 Å². The lowest BCUT2D eigenvalue weighted by Gasteiger charge is -2.25. The summed E-state index contributed by atoms with van der Waals surface area (Å²) in [6.07, 6.45) is 5.37. The highest BCUT2D eigenvalue weighted by molar-refractivity contribution is 7.90. The number of hydrogen-bond acceptors (Lipinski definition) is 4. The molecule has 1 aliphatic rings. The van der Waals surface area contributed by atoms with Crippen molar-refractivity contribution >= 4 is 21.4 Å². The number of benzene rings is 1. The van der Waals surface area contributed by atoms with Crippen molar-refractivity contribution < 1.29 is 13.2 Å². The van der Waals surface area contributed by atoms with Crippen molar-refractivity contribution in [3.63, 3.8) is 0 Å². The number of nitrogens with two attached hydrogens (primary N) is 1. The molecule has 1 aromatic rings. The van der Waals surface area contributed by atoms with Gasteiger partial charge in [-0.05, 0) is 43.4 Å². The van der Waals surface area contributed by atoms with Gasteiger partial charge in [-0.15, -0.1) is 0 Å². The van der Waals surface area contributed by atoms with Crippen molar-refractivity contribution in [2.45, 2.75) is 38.1 Å². The van der Waals surface area contributed by atoms with Crippen molar-refractivity contribution in [1.82, 2.24) is 0 Å². The zero-order valence-corrected chi connectivity index (χ0v) is 13.7. The molecular formula is C16H24N2O3S. The summed E-state index contributed by atoms with van der Waals surface area (Å²) in [5.74, 6) is 0.159. The van der Waals surface area contributed by atoms with Crippen molar-refractivity contribution in [3.05, 3.63) is 29.8 Å². The first-order valence-corrected chi connectivity index (χ1v) is 9.72. The van der Waals surface area contributed by atoms with Crippen molar-refractivity contribution in [2.75, 3.05) is 17.3 Å². The topological polar surface area (TPSA) is 89.3 Å². The lowest BCUT2D eigenvalue weighted by molar-refractivity contribution is -0.120. The van der Waals surface area contributed by atoms with E-state index in [0.717, 1.165) is 36.9 Å². The Morgan fingerprint density at radius 2 is 1.95 bits per heavy atom. The van der Waals surface area contributed by atoms with Gasteiger partial charge in [-0.2, -0.15) is 0 Å². The molecule has 1 aliphatic carbocycles. The average molecular weight is 324 g/mol. The Balaban J connectivity index is 1.89. The molecule has 2 unspecified atom stereocenters. The highest BCUT2D eigenvalue weighted by Gasteiger charge is 2.25. The number of carbonyl (C=O) groups is 1. The van der Waals surface area contributed by atoms with E-state index in [1.807, 2.05) is 24.3 Å². The summed E-state index contributed by atoms with van der Waals surface area (Å²) in [6, 6.07) is 7.47. The largest absolute Gasteiger partial charge is 0.328 e. The second-order valence-electron chi connectivity index (χ2n) is 6.19. The van der Waals surface area contributed by atoms with Crippen LogP contribution in [0.2, 0.25) is 0 Å². The Bertz CT molecular complexity index is 611. The highest BCUT2D eigenvalue weighted by atomic mass is 32.2. The van der Waals surface area contributed by atoms with E-state index in [1.165, 1.54) is 6.26 Å². The Kier molecular flexibility index (Phi) is 5.58. The van der Waals surface area contributed by atoms with Crippen LogP contribution in [-0.4, -0.2) is 32.4 Å². The molecule has 0 bridgehead atoms. The van der Waals surface area contributed by atoms with Gasteiger partial charge in [0.2, 0.25) is 5.91 Å².